The Labute approximate surface area is 121 Å². The molecule has 0 bridgehead atoms. The van der Waals surface area contributed by atoms with Crippen molar-refractivity contribution in [2.75, 3.05) is 11.4 Å². The van der Waals surface area contributed by atoms with Crippen molar-refractivity contribution in [3.05, 3.63) is 58.3 Å². The van der Waals surface area contributed by atoms with Crippen LogP contribution in [0.1, 0.15) is 18.2 Å². The molecular formula is C15H14BrN3. The Morgan fingerprint density at radius 3 is 2.74 bits per heavy atom. The quantitative estimate of drug-likeness (QED) is 0.862. The molecule has 0 saturated heterocycles. The Morgan fingerprint density at radius 1 is 1.32 bits per heavy atom. The minimum Gasteiger partial charge on any atom is -0.366 e. The highest BCUT2D eigenvalue weighted by Crippen LogP contribution is 2.24. The fraction of sp³-hybridized carbons (Fsp3) is 0.200. The lowest BCUT2D eigenvalue weighted by atomic mass is 10.2. The molecule has 0 aliphatic carbocycles. The Morgan fingerprint density at radius 2 is 2.16 bits per heavy atom. The van der Waals surface area contributed by atoms with Crippen LogP contribution in [0, 0.1) is 11.3 Å². The summed E-state index contributed by atoms with van der Waals surface area (Å²) in [6.45, 7) is 3.75. The largest absolute Gasteiger partial charge is 0.366 e. The van der Waals surface area contributed by atoms with E-state index >= 15 is 0 Å². The molecule has 4 heteroatoms. The molecule has 2 rings (SSSR count). The monoisotopic (exact) mass is 315 g/mol. The molecule has 0 unspecified atom stereocenters. The van der Waals surface area contributed by atoms with Gasteiger partial charge in [-0.15, -0.1) is 0 Å². The van der Waals surface area contributed by atoms with E-state index < -0.39 is 0 Å². The standard InChI is InChI=1S/C15H14BrN3/c1-2-19(11-13-5-3-4-8-18-13)14-7-6-12(10-17)15(16)9-14/h3-9H,2,11H2,1H3. The molecule has 0 fully saturated rings. The normalized spacial score (nSPS) is 9.95. The van der Waals surface area contributed by atoms with E-state index in [4.69, 9.17) is 5.26 Å². The Balaban J connectivity index is 2.23. The number of hydrogen-bond donors (Lipinski definition) is 0. The van der Waals surface area contributed by atoms with Gasteiger partial charge in [0.2, 0.25) is 0 Å². The van der Waals surface area contributed by atoms with Crippen molar-refractivity contribution in [3.63, 3.8) is 0 Å². The van der Waals surface area contributed by atoms with E-state index in [2.05, 4.69) is 38.8 Å². The molecule has 0 spiro atoms. The summed E-state index contributed by atoms with van der Waals surface area (Å²) in [5.41, 5.74) is 2.77. The van der Waals surface area contributed by atoms with E-state index in [-0.39, 0.29) is 0 Å². The van der Waals surface area contributed by atoms with Gasteiger partial charge in [-0.2, -0.15) is 5.26 Å². The Bertz CT molecular complexity index is 590. The van der Waals surface area contributed by atoms with E-state index in [1.807, 2.05) is 36.4 Å². The first-order valence-electron chi connectivity index (χ1n) is 6.09. The van der Waals surface area contributed by atoms with Crippen LogP contribution < -0.4 is 4.90 Å². The average Bonchev–Trinajstić information content (AvgIpc) is 2.46. The van der Waals surface area contributed by atoms with E-state index in [1.165, 1.54) is 0 Å². The number of hydrogen-bond acceptors (Lipinski definition) is 3. The summed E-state index contributed by atoms with van der Waals surface area (Å²) in [6.07, 6.45) is 1.80. The number of rotatable bonds is 4. The predicted molar refractivity (Wildman–Crippen MR) is 79.8 cm³/mol. The van der Waals surface area contributed by atoms with Crippen LogP contribution in [-0.4, -0.2) is 11.5 Å². The van der Waals surface area contributed by atoms with Crippen molar-refractivity contribution in [2.45, 2.75) is 13.5 Å². The number of nitrogens with zero attached hydrogens (tertiary/aromatic N) is 3. The van der Waals surface area contributed by atoms with Gasteiger partial charge < -0.3 is 4.90 Å². The third-order valence-corrected chi connectivity index (χ3v) is 3.56. The van der Waals surface area contributed by atoms with Gasteiger partial charge in [0, 0.05) is 22.9 Å². The van der Waals surface area contributed by atoms with Crippen LogP contribution in [0.15, 0.2) is 47.1 Å². The van der Waals surface area contributed by atoms with Crippen LogP contribution in [-0.2, 0) is 6.54 Å². The smallest absolute Gasteiger partial charge is 0.100 e. The Kier molecular flexibility index (Phi) is 4.53. The Hall–Kier alpha value is -1.86. The number of pyridine rings is 1. The molecule has 0 radical (unpaired) electrons. The second-order valence-corrected chi connectivity index (χ2v) is 4.97. The molecule has 3 nitrogen and oxygen atoms in total. The van der Waals surface area contributed by atoms with Crippen LogP contribution in [0.5, 0.6) is 0 Å². The summed E-state index contributed by atoms with van der Waals surface area (Å²) < 4.78 is 0.826. The van der Waals surface area contributed by atoms with Crippen molar-refractivity contribution in [2.24, 2.45) is 0 Å². The van der Waals surface area contributed by atoms with Crippen LogP contribution in [0.3, 0.4) is 0 Å². The van der Waals surface area contributed by atoms with Gasteiger partial charge in [-0.3, -0.25) is 4.98 Å². The number of anilines is 1. The molecule has 1 aromatic carbocycles. The fourth-order valence-electron chi connectivity index (χ4n) is 1.86. The molecule has 2 aromatic rings. The minimum atomic E-state index is 0.651. The first-order valence-corrected chi connectivity index (χ1v) is 6.88. The van der Waals surface area contributed by atoms with Crippen molar-refractivity contribution in [1.82, 2.24) is 4.98 Å². The van der Waals surface area contributed by atoms with Gasteiger partial charge in [-0.25, -0.2) is 0 Å². The highest BCUT2D eigenvalue weighted by molar-refractivity contribution is 9.10. The molecule has 1 heterocycles. The van der Waals surface area contributed by atoms with Crippen molar-refractivity contribution in [1.29, 1.82) is 5.26 Å². The molecule has 0 aliphatic heterocycles. The molecule has 96 valence electrons. The van der Waals surface area contributed by atoms with Crippen LogP contribution in [0.4, 0.5) is 5.69 Å². The van der Waals surface area contributed by atoms with Gasteiger partial charge in [-0.05, 0) is 53.2 Å². The zero-order valence-corrected chi connectivity index (χ0v) is 12.3. The average molecular weight is 316 g/mol. The summed E-state index contributed by atoms with van der Waals surface area (Å²) >= 11 is 3.43. The molecule has 1 aromatic heterocycles. The maximum atomic E-state index is 8.94. The van der Waals surface area contributed by atoms with Gasteiger partial charge in [-0.1, -0.05) is 6.07 Å². The summed E-state index contributed by atoms with van der Waals surface area (Å²) in [7, 11) is 0. The maximum Gasteiger partial charge on any atom is 0.100 e. The van der Waals surface area contributed by atoms with Crippen molar-refractivity contribution in [3.8, 4) is 6.07 Å². The summed E-state index contributed by atoms with van der Waals surface area (Å²) in [6, 6.07) is 13.9. The summed E-state index contributed by atoms with van der Waals surface area (Å²) in [4.78, 5) is 6.56. The predicted octanol–water partition coefficient (Wildman–Crippen LogP) is 3.74. The van der Waals surface area contributed by atoms with Crippen LogP contribution >= 0.6 is 15.9 Å². The van der Waals surface area contributed by atoms with E-state index in [9.17, 15) is 0 Å². The van der Waals surface area contributed by atoms with Gasteiger partial charge in [0.1, 0.15) is 6.07 Å². The SMILES string of the molecule is CCN(Cc1ccccn1)c1ccc(C#N)c(Br)c1. The number of halogens is 1. The van der Waals surface area contributed by atoms with Crippen molar-refractivity contribution < 1.29 is 0 Å². The second-order valence-electron chi connectivity index (χ2n) is 4.11. The van der Waals surface area contributed by atoms with Gasteiger partial charge in [0.05, 0.1) is 17.8 Å². The molecule has 19 heavy (non-hydrogen) atoms. The lowest BCUT2D eigenvalue weighted by Crippen LogP contribution is -2.22. The lowest BCUT2D eigenvalue weighted by Gasteiger charge is -2.23. The third kappa shape index (κ3) is 3.33. The van der Waals surface area contributed by atoms with Gasteiger partial charge in [0.25, 0.3) is 0 Å². The van der Waals surface area contributed by atoms with Crippen LogP contribution in [0.2, 0.25) is 0 Å². The lowest BCUT2D eigenvalue weighted by molar-refractivity contribution is 0.809. The highest BCUT2D eigenvalue weighted by Gasteiger charge is 2.08. The molecule has 0 saturated carbocycles. The van der Waals surface area contributed by atoms with Gasteiger partial charge in [0.15, 0.2) is 0 Å². The molecule has 0 amide bonds. The molecule has 0 N–H and O–H groups in total. The molecule has 0 atom stereocenters. The number of benzene rings is 1. The highest BCUT2D eigenvalue weighted by atomic mass is 79.9. The van der Waals surface area contributed by atoms with E-state index in [1.54, 1.807) is 6.20 Å². The fourth-order valence-corrected chi connectivity index (χ4v) is 2.32. The van der Waals surface area contributed by atoms with E-state index in [0.29, 0.717) is 5.56 Å². The third-order valence-electron chi connectivity index (χ3n) is 2.90. The topological polar surface area (TPSA) is 39.9 Å². The first-order chi connectivity index (χ1) is 9.24. The zero-order valence-electron chi connectivity index (χ0n) is 10.7. The number of nitriles is 1. The summed E-state index contributed by atoms with van der Waals surface area (Å²) in [5.74, 6) is 0. The molecule has 0 aliphatic rings. The first kappa shape index (κ1) is 13.6. The number of aromatic nitrogens is 1. The maximum absolute atomic E-state index is 8.94. The molecular weight excluding hydrogens is 302 g/mol. The summed E-state index contributed by atoms with van der Waals surface area (Å²) in [5, 5.41) is 8.94. The minimum absolute atomic E-state index is 0.651. The van der Waals surface area contributed by atoms with E-state index in [0.717, 1.165) is 28.9 Å². The van der Waals surface area contributed by atoms with Crippen molar-refractivity contribution >= 4 is 21.6 Å². The van der Waals surface area contributed by atoms with Gasteiger partial charge >= 0.3 is 0 Å². The zero-order chi connectivity index (χ0) is 13.7. The second kappa shape index (κ2) is 6.35. The van der Waals surface area contributed by atoms with Crippen LogP contribution in [0.25, 0.3) is 0 Å².